The molecule has 0 saturated carbocycles. The molecule has 1 heterocycles. The normalized spacial score (nSPS) is 26.2. The molecule has 1 aliphatic rings. The van der Waals surface area contributed by atoms with Crippen LogP contribution < -0.4 is 0 Å². The molecule has 92 valence electrons. The molecule has 0 aliphatic carbocycles. The molecule has 1 aromatic carbocycles. The van der Waals surface area contributed by atoms with Gasteiger partial charge < -0.3 is 4.74 Å². The molecular weight excluding hydrogens is 212 g/mol. The fourth-order valence-corrected chi connectivity index (χ4v) is 2.59. The van der Waals surface area contributed by atoms with Gasteiger partial charge in [0.1, 0.15) is 5.41 Å². The Morgan fingerprint density at radius 1 is 1.18 bits per heavy atom. The molecule has 17 heavy (non-hydrogen) atoms. The van der Waals surface area contributed by atoms with Gasteiger partial charge in [-0.2, -0.15) is 0 Å². The number of ether oxygens (including phenoxy) is 1. The van der Waals surface area contributed by atoms with E-state index < -0.39 is 11.0 Å². The van der Waals surface area contributed by atoms with Crippen LogP contribution in [0, 0.1) is 5.41 Å². The first-order valence-corrected chi connectivity index (χ1v) is 6.33. The quantitative estimate of drug-likeness (QED) is 0.741. The predicted molar refractivity (Wildman–Crippen MR) is 67.5 cm³/mol. The highest BCUT2D eigenvalue weighted by molar-refractivity contribution is 5.84. The van der Waals surface area contributed by atoms with Gasteiger partial charge in [-0.05, 0) is 32.3 Å². The van der Waals surface area contributed by atoms with Gasteiger partial charge in [0.15, 0.2) is 5.60 Å². The zero-order chi connectivity index (χ0) is 12.5. The Morgan fingerprint density at radius 3 is 2.29 bits per heavy atom. The molecule has 2 nitrogen and oxygen atoms in total. The van der Waals surface area contributed by atoms with Gasteiger partial charge in [0, 0.05) is 0 Å². The summed E-state index contributed by atoms with van der Waals surface area (Å²) in [5.41, 5.74) is 0.295. The third-order valence-corrected chi connectivity index (χ3v) is 3.91. The second-order valence-electron chi connectivity index (χ2n) is 5.31. The summed E-state index contributed by atoms with van der Waals surface area (Å²) in [5.74, 6) is -0.0857. The third-order valence-electron chi connectivity index (χ3n) is 3.91. The van der Waals surface area contributed by atoms with Crippen LogP contribution in [0.1, 0.15) is 45.6 Å². The van der Waals surface area contributed by atoms with Gasteiger partial charge in [0.05, 0.1) is 0 Å². The maximum absolute atomic E-state index is 11.7. The summed E-state index contributed by atoms with van der Waals surface area (Å²) >= 11 is 0. The van der Waals surface area contributed by atoms with Crippen LogP contribution >= 0.6 is 0 Å². The number of esters is 1. The van der Waals surface area contributed by atoms with Crippen LogP contribution in [0.5, 0.6) is 0 Å². The van der Waals surface area contributed by atoms with Gasteiger partial charge in [0.2, 0.25) is 0 Å². The van der Waals surface area contributed by atoms with E-state index in [1.807, 2.05) is 32.0 Å². The Hall–Kier alpha value is -1.31. The number of rotatable bonds is 4. The fourth-order valence-electron chi connectivity index (χ4n) is 2.59. The summed E-state index contributed by atoms with van der Waals surface area (Å²) in [6, 6.07) is 10.1. The Kier molecular flexibility index (Phi) is 2.98. The summed E-state index contributed by atoms with van der Waals surface area (Å²) in [6.07, 6.45) is 3.10. The number of hydrogen-bond donors (Lipinski definition) is 0. The van der Waals surface area contributed by atoms with Crippen molar-refractivity contribution in [2.45, 2.75) is 45.6 Å². The van der Waals surface area contributed by atoms with Gasteiger partial charge in [-0.3, -0.25) is 4.79 Å². The molecule has 1 atom stereocenters. The van der Waals surface area contributed by atoms with Crippen LogP contribution in [0.2, 0.25) is 0 Å². The Labute approximate surface area is 103 Å². The molecule has 1 saturated heterocycles. The summed E-state index contributed by atoms with van der Waals surface area (Å²) in [6.45, 7) is 6.13. The monoisotopic (exact) mass is 232 g/mol. The summed E-state index contributed by atoms with van der Waals surface area (Å²) in [5, 5.41) is 0. The number of carbonyl (C=O) groups is 1. The molecule has 0 radical (unpaired) electrons. The first kappa shape index (κ1) is 12.2. The Balaban J connectivity index is 2.36. The van der Waals surface area contributed by atoms with E-state index in [1.54, 1.807) is 0 Å². The molecule has 2 rings (SSSR count). The topological polar surface area (TPSA) is 26.3 Å². The number of benzene rings is 1. The number of cyclic esters (lactones) is 1. The second kappa shape index (κ2) is 4.17. The Bertz CT molecular complexity index is 408. The second-order valence-corrected chi connectivity index (χ2v) is 5.31. The van der Waals surface area contributed by atoms with E-state index in [0.29, 0.717) is 0 Å². The minimum Gasteiger partial charge on any atom is -0.452 e. The van der Waals surface area contributed by atoms with Crippen LogP contribution in [0.25, 0.3) is 0 Å². The van der Waals surface area contributed by atoms with E-state index >= 15 is 0 Å². The fraction of sp³-hybridized carbons (Fsp3) is 0.533. The molecule has 1 aromatic rings. The Morgan fingerprint density at radius 2 is 1.82 bits per heavy atom. The number of hydrogen-bond acceptors (Lipinski definition) is 2. The molecule has 2 heteroatoms. The first-order chi connectivity index (χ1) is 8.04. The van der Waals surface area contributed by atoms with Crippen molar-refractivity contribution in [1.29, 1.82) is 0 Å². The number of carbonyl (C=O) groups excluding carboxylic acids is 1. The van der Waals surface area contributed by atoms with E-state index in [9.17, 15) is 4.79 Å². The average Bonchev–Trinajstić information content (AvgIpc) is 2.35. The lowest BCUT2D eigenvalue weighted by Gasteiger charge is -2.54. The van der Waals surface area contributed by atoms with Crippen LogP contribution in [0.15, 0.2) is 30.3 Å². The first-order valence-electron chi connectivity index (χ1n) is 6.33. The molecule has 0 bridgehead atoms. The lowest BCUT2D eigenvalue weighted by molar-refractivity contribution is -0.243. The van der Waals surface area contributed by atoms with Gasteiger partial charge in [-0.1, -0.05) is 43.7 Å². The molecule has 1 fully saturated rings. The van der Waals surface area contributed by atoms with E-state index in [1.165, 1.54) is 0 Å². The molecule has 0 aromatic heterocycles. The van der Waals surface area contributed by atoms with Crippen molar-refractivity contribution < 1.29 is 9.53 Å². The van der Waals surface area contributed by atoms with Crippen LogP contribution in [-0.4, -0.2) is 5.97 Å². The zero-order valence-corrected chi connectivity index (χ0v) is 10.8. The van der Waals surface area contributed by atoms with E-state index in [0.717, 1.165) is 24.8 Å². The van der Waals surface area contributed by atoms with Crippen molar-refractivity contribution >= 4 is 5.97 Å². The van der Waals surface area contributed by atoms with E-state index in [-0.39, 0.29) is 5.97 Å². The van der Waals surface area contributed by atoms with E-state index in [4.69, 9.17) is 4.74 Å². The van der Waals surface area contributed by atoms with Crippen LogP contribution in [0.3, 0.4) is 0 Å². The maximum atomic E-state index is 11.7. The zero-order valence-electron chi connectivity index (χ0n) is 10.8. The standard InChI is InChI=1S/C15H20O2/c1-4-5-11-15(12-9-7-6-8-10-12)14(2,3)13(16)17-15/h6-10H,4-5,11H2,1-3H3. The van der Waals surface area contributed by atoms with Crippen molar-refractivity contribution in [1.82, 2.24) is 0 Å². The number of unbranched alkanes of at least 4 members (excludes halogenated alkanes) is 1. The summed E-state index contributed by atoms with van der Waals surface area (Å²) in [7, 11) is 0. The van der Waals surface area contributed by atoms with E-state index in [2.05, 4.69) is 19.1 Å². The van der Waals surface area contributed by atoms with Crippen molar-refractivity contribution in [3.8, 4) is 0 Å². The molecule has 0 N–H and O–H groups in total. The van der Waals surface area contributed by atoms with Crippen molar-refractivity contribution in [3.63, 3.8) is 0 Å². The van der Waals surface area contributed by atoms with Crippen molar-refractivity contribution in [2.24, 2.45) is 5.41 Å². The molecule has 0 spiro atoms. The summed E-state index contributed by atoms with van der Waals surface area (Å²) < 4.78 is 5.59. The predicted octanol–water partition coefficient (Wildman–Crippen LogP) is 3.66. The smallest absolute Gasteiger partial charge is 0.316 e. The maximum Gasteiger partial charge on any atom is 0.316 e. The molecule has 1 unspecified atom stereocenters. The molecule has 1 aliphatic heterocycles. The third kappa shape index (κ3) is 1.67. The molecule has 0 amide bonds. The van der Waals surface area contributed by atoms with Crippen molar-refractivity contribution in [2.75, 3.05) is 0 Å². The highest BCUT2D eigenvalue weighted by Gasteiger charge is 2.63. The summed E-state index contributed by atoms with van der Waals surface area (Å²) in [4.78, 5) is 11.7. The van der Waals surface area contributed by atoms with Gasteiger partial charge >= 0.3 is 5.97 Å². The van der Waals surface area contributed by atoms with Crippen LogP contribution in [-0.2, 0) is 15.1 Å². The largest absolute Gasteiger partial charge is 0.452 e. The van der Waals surface area contributed by atoms with Gasteiger partial charge in [-0.25, -0.2) is 0 Å². The minimum atomic E-state index is -0.415. The highest BCUT2D eigenvalue weighted by atomic mass is 16.6. The lowest BCUT2D eigenvalue weighted by atomic mass is 9.64. The SMILES string of the molecule is CCCCC1(c2ccccc2)OC(=O)C1(C)C. The van der Waals surface area contributed by atoms with Gasteiger partial charge in [0.25, 0.3) is 0 Å². The lowest BCUT2D eigenvalue weighted by Crippen LogP contribution is -2.61. The highest BCUT2D eigenvalue weighted by Crippen LogP contribution is 2.55. The van der Waals surface area contributed by atoms with Gasteiger partial charge in [-0.15, -0.1) is 0 Å². The van der Waals surface area contributed by atoms with Crippen LogP contribution in [0.4, 0.5) is 0 Å². The van der Waals surface area contributed by atoms with Crippen molar-refractivity contribution in [3.05, 3.63) is 35.9 Å². The minimum absolute atomic E-state index is 0.0857. The average molecular weight is 232 g/mol. The molecular formula is C15H20O2.